The maximum atomic E-state index is 10.2. The first-order chi connectivity index (χ1) is 9.13. The number of aliphatic hydroxyl groups is 1. The van der Waals surface area contributed by atoms with Gasteiger partial charge in [-0.05, 0) is 29.3 Å². The summed E-state index contributed by atoms with van der Waals surface area (Å²) in [6.07, 6.45) is -0.669. The van der Waals surface area contributed by atoms with Crippen LogP contribution in [0.1, 0.15) is 17.2 Å². The van der Waals surface area contributed by atoms with Gasteiger partial charge in [0.05, 0.1) is 6.10 Å². The van der Waals surface area contributed by atoms with Crippen LogP contribution in [0, 0.1) is 0 Å². The Labute approximate surface area is 110 Å². The molecule has 0 fully saturated rings. The molecule has 3 rings (SSSR count). The fourth-order valence-corrected chi connectivity index (χ4v) is 2.32. The predicted octanol–water partition coefficient (Wildman–Crippen LogP) is 2.13. The van der Waals surface area contributed by atoms with Gasteiger partial charge >= 0.3 is 0 Å². The van der Waals surface area contributed by atoms with E-state index in [0.29, 0.717) is 12.2 Å². The van der Waals surface area contributed by atoms with Crippen LogP contribution < -0.4 is 4.74 Å². The molecule has 19 heavy (non-hydrogen) atoms. The van der Waals surface area contributed by atoms with Crippen molar-refractivity contribution in [1.29, 1.82) is 0 Å². The summed E-state index contributed by atoms with van der Waals surface area (Å²) >= 11 is 0. The fraction of sp³-hybridized carbons (Fsp3) is 0.200. The van der Waals surface area contributed by atoms with Crippen LogP contribution in [0.25, 0.3) is 0 Å². The highest BCUT2D eigenvalue weighted by molar-refractivity contribution is 5.43. The van der Waals surface area contributed by atoms with E-state index in [-0.39, 0.29) is 11.5 Å². The lowest BCUT2D eigenvalue weighted by molar-refractivity contribution is 0.0206. The molecule has 0 saturated heterocycles. The van der Waals surface area contributed by atoms with Crippen LogP contribution in [0.4, 0.5) is 0 Å². The van der Waals surface area contributed by atoms with E-state index < -0.39 is 12.2 Å². The zero-order valence-corrected chi connectivity index (χ0v) is 10.2. The van der Waals surface area contributed by atoms with E-state index in [1.54, 1.807) is 42.5 Å². The van der Waals surface area contributed by atoms with Crippen molar-refractivity contribution in [3.63, 3.8) is 0 Å². The highest BCUT2D eigenvalue weighted by Crippen LogP contribution is 2.37. The number of aliphatic hydroxyl groups excluding tert-OH is 1. The maximum Gasteiger partial charge on any atom is 0.150 e. The summed E-state index contributed by atoms with van der Waals surface area (Å²) in [5.41, 5.74) is 1.67. The quantitative estimate of drug-likeness (QED) is 0.733. The second-order valence-electron chi connectivity index (χ2n) is 4.69. The van der Waals surface area contributed by atoms with Gasteiger partial charge in [-0.15, -0.1) is 0 Å². The van der Waals surface area contributed by atoms with Crippen LogP contribution in [-0.4, -0.2) is 21.4 Å². The lowest BCUT2D eigenvalue weighted by Crippen LogP contribution is -2.30. The first-order valence-corrected chi connectivity index (χ1v) is 6.09. The lowest BCUT2D eigenvalue weighted by atomic mass is 9.94. The van der Waals surface area contributed by atoms with Gasteiger partial charge in [0.15, 0.2) is 0 Å². The van der Waals surface area contributed by atoms with Crippen LogP contribution in [0.3, 0.4) is 0 Å². The largest absolute Gasteiger partial charge is 0.508 e. The smallest absolute Gasteiger partial charge is 0.150 e. The van der Waals surface area contributed by atoms with E-state index in [4.69, 9.17) is 4.74 Å². The molecule has 4 heteroatoms. The Morgan fingerprint density at radius 1 is 0.947 bits per heavy atom. The molecule has 1 aliphatic rings. The van der Waals surface area contributed by atoms with Gasteiger partial charge in [-0.25, -0.2) is 0 Å². The van der Waals surface area contributed by atoms with Gasteiger partial charge in [0.2, 0.25) is 0 Å². The number of hydrogen-bond donors (Lipinski definition) is 3. The molecule has 2 aromatic carbocycles. The Hall–Kier alpha value is -2.20. The summed E-state index contributed by atoms with van der Waals surface area (Å²) in [5.74, 6) is 0.898. The Balaban J connectivity index is 1.94. The molecular formula is C15H14O4. The number of phenols is 2. The molecule has 1 aliphatic heterocycles. The molecule has 0 spiro atoms. The van der Waals surface area contributed by atoms with Gasteiger partial charge in [-0.2, -0.15) is 0 Å². The Kier molecular flexibility index (Phi) is 2.80. The normalized spacial score (nSPS) is 21.5. The molecule has 0 radical (unpaired) electrons. The number of fused-ring (bicyclic) bond motifs is 1. The second kappa shape index (κ2) is 4.48. The summed E-state index contributed by atoms with van der Waals surface area (Å²) < 4.78 is 5.76. The molecule has 3 N–H and O–H groups in total. The third-order valence-electron chi connectivity index (χ3n) is 3.30. The Morgan fingerprint density at radius 3 is 2.37 bits per heavy atom. The van der Waals surface area contributed by atoms with Crippen molar-refractivity contribution < 1.29 is 20.1 Å². The Morgan fingerprint density at radius 2 is 1.63 bits per heavy atom. The number of phenolic OH excluding ortho intramolecular Hbond substituents is 2. The second-order valence-corrected chi connectivity index (χ2v) is 4.69. The van der Waals surface area contributed by atoms with E-state index >= 15 is 0 Å². The van der Waals surface area contributed by atoms with Crippen LogP contribution >= 0.6 is 0 Å². The summed E-state index contributed by atoms with van der Waals surface area (Å²) in [7, 11) is 0. The van der Waals surface area contributed by atoms with Gasteiger partial charge in [-0.3, -0.25) is 0 Å². The lowest BCUT2D eigenvalue weighted by Gasteiger charge is -2.31. The van der Waals surface area contributed by atoms with Crippen LogP contribution in [-0.2, 0) is 6.42 Å². The van der Waals surface area contributed by atoms with Gasteiger partial charge in [0, 0.05) is 12.5 Å². The van der Waals surface area contributed by atoms with Crippen molar-refractivity contribution >= 4 is 0 Å². The first-order valence-electron chi connectivity index (χ1n) is 6.09. The number of hydrogen-bond acceptors (Lipinski definition) is 4. The SMILES string of the molecule is Oc1ccc([C@H]2Oc3cc(O)ccc3C[C@H]2O)cc1. The Bertz CT molecular complexity index is 592. The van der Waals surface area contributed by atoms with E-state index in [2.05, 4.69) is 0 Å². The molecule has 0 aromatic heterocycles. The van der Waals surface area contributed by atoms with Crippen molar-refractivity contribution in [1.82, 2.24) is 0 Å². The van der Waals surface area contributed by atoms with Gasteiger partial charge in [0.1, 0.15) is 23.4 Å². The van der Waals surface area contributed by atoms with E-state index in [1.165, 1.54) is 0 Å². The number of aromatic hydroxyl groups is 2. The minimum absolute atomic E-state index is 0.139. The van der Waals surface area contributed by atoms with Crippen LogP contribution in [0.2, 0.25) is 0 Å². The fourth-order valence-electron chi connectivity index (χ4n) is 2.32. The van der Waals surface area contributed by atoms with Crippen LogP contribution in [0.15, 0.2) is 42.5 Å². The standard InChI is InChI=1S/C15H14O4/c16-11-4-1-9(2-5-11)15-13(18)7-10-3-6-12(17)8-14(10)19-15/h1-6,8,13,15-18H,7H2/t13-,15-/m1/s1. The van der Waals surface area contributed by atoms with Crippen LogP contribution in [0.5, 0.6) is 17.2 Å². The summed E-state index contributed by atoms with van der Waals surface area (Å²) in [4.78, 5) is 0. The number of benzene rings is 2. The molecule has 0 bridgehead atoms. The van der Waals surface area contributed by atoms with E-state index in [0.717, 1.165) is 11.1 Å². The third-order valence-corrected chi connectivity index (χ3v) is 3.30. The van der Waals surface area contributed by atoms with E-state index in [9.17, 15) is 15.3 Å². The third kappa shape index (κ3) is 2.22. The summed E-state index contributed by atoms with van der Waals surface area (Å²) in [5, 5.41) is 28.9. The van der Waals surface area contributed by atoms with Gasteiger partial charge < -0.3 is 20.1 Å². The molecule has 98 valence electrons. The molecule has 2 aromatic rings. The van der Waals surface area contributed by atoms with Crippen molar-refractivity contribution in [2.75, 3.05) is 0 Å². The van der Waals surface area contributed by atoms with E-state index in [1.807, 2.05) is 0 Å². The monoisotopic (exact) mass is 258 g/mol. The molecule has 0 unspecified atom stereocenters. The molecule has 4 nitrogen and oxygen atoms in total. The summed E-state index contributed by atoms with van der Waals surface area (Å²) in [6, 6.07) is 11.4. The predicted molar refractivity (Wildman–Crippen MR) is 69.3 cm³/mol. The highest BCUT2D eigenvalue weighted by atomic mass is 16.5. The maximum absolute atomic E-state index is 10.2. The zero-order valence-electron chi connectivity index (χ0n) is 10.2. The average molecular weight is 258 g/mol. The molecule has 0 saturated carbocycles. The summed E-state index contributed by atoms with van der Waals surface area (Å²) in [6.45, 7) is 0. The van der Waals surface area contributed by atoms with Crippen molar-refractivity contribution in [2.24, 2.45) is 0 Å². The first kappa shape index (κ1) is 11.9. The molecule has 0 amide bonds. The topological polar surface area (TPSA) is 69.9 Å². The van der Waals surface area contributed by atoms with Gasteiger partial charge in [-0.1, -0.05) is 18.2 Å². The van der Waals surface area contributed by atoms with Crippen molar-refractivity contribution in [3.05, 3.63) is 53.6 Å². The zero-order chi connectivity index (χ0) is 13.4. The molecule has 1 heterocycles. The van der Waals surface area contributed by atoms with Gasteiger partial charge in [0.25, 0.3) is 0 Å². The van der Waals surface area contributed by atoms with Crippen molar-refractivity contribution in [2.45, 2.75) is 18.6 Å². The molecule has 0 aliphatic carbocycles. The molecule has 2 atom stereocenters. The highest BCUT2D eigenvalue weighted by Gasteiger charge is 2.29. The number of ether oxygens (including phenoxy) is 1. The minimum atomic E-state index is -0.651. The molecular weight excluding hydrogens is 244 g/mol. The van der Waals surface area contributed by atoms with Crippen molar-refractivity contribution in [3.8, 4) is 17.2 Å². The minimum Gasteiger partial charge on any atom is -0.508 e. The average Bonchev–Trinajstić information content (AvgIpc) is 2.40. The number of rotatable bonds is 1.